The van der Waals surface area contributed by atoms with Gasteiger partial charge in [0.1, 0.15) is 6.04 Å². The molecule has 2 amide bonds. The summed E-state index contributed by atoms with van der Waals surface area (Å²) in [6, 6.07) is 8.04. The Morgan fingerprint density at radius 2 is 1.67 bits per heavy atom. The predicted octanol–water partition coefficient (Wildman–Crippen LogP) is 2.07. The van der Waals surface area contributed by atoms with E-state index in [4.69, 9.17) is 11.6 Å². The number of alkyl halides is 1. The minimum absolute atomic E-state index is 0.174. The zero-order chi connectivity index (χ0) is 18.1. The Balaban J connectivity index is 2.84. The fourth-order valence-corrected chi connectivity index (χ4v) is 2.60. The van der Waals surface area contributed by atoms with E-state index < -0.39 is 12.1 Å². The maximum atomic E-state index is 12.5. The van der Waals surface area contributed by atoms with E-state index in [2.05, 4.69) is 10.6 Å². The molecule has 0 fully saturated rings. The van der Waals surface area contributed by atoms with Crippen LogP contribution in [0.15, 0.2) is 30.3 Å². The summed E-state index contributed by atoms with van der Waals surface area (Å²) in [6.07, 6.45) is 0.866. The highest BCUT2D eigenvalue weighted by Crippen LogP contribution is 2.08. The summed E-state index contributed by atoms with van der Waals surface area (Å²) < 4.78 is 0. The Morgan fingerprint density at radius 3 is 2.17 bits per heavy atom. The van der Waals surface area contributed by atoms with Crippen LogP contribution in [-0.2, 0) is 20.8 Å². The summed E-state index contributed by atoms with van der Waals surface area (Å²) in [6.45, 7) is 5.30. The summed E-state index contributed by atoms with van der Waals surface area (Å²) in [5.41, 5.74) is 0.932. The number of Topliss-reactive ketones (excluding diaryl/α,β-unsaturated/α-hetero) is 1. The minimum atomic E-state index is -0.708. The van der Waals surface area contributed by atoms with Gasteiger partial charge in [0.05, 0.1) is 11.9 Å². The molecule has 1 rings (SSSR count). The topological polar surface area (TPSA) is 75.3 Å². The van der Waals surface area contributed by atoms with Crippen molar-refractivity contribution in [3.8, 4) is 0 Å². The van der Waals surface area contributed by atoms with Crippen LogP contribution in [0, 0.1) is 5.92 Å². The van der Waals surface area contributed by atoms with Gasteiger partial charge < -0.3 is 10.6 Å². The van der Waals surface area contributed by atoms with Gasteiger partial charge in [0.15, 0.2) is 5.78 Å². The molecule has 0 unspecified atom stereocenters. The quantitative estimate of drug-likeness (QED) is 0.668. The second kappa shape index (κ2) is 10.1. The van der Waals surface area contributed by atoms with Gasteiger partial charge in [-0.15, -0.1) is 11.6 Å². The van der Waals surface area contributed by atoms with E-state index in [9.17, 15) is 14.4 Å². The van der Waals surface area contributed by atoms with Crippen LogP contribution < -0.4 is 10.6 Å². The van der Waals surface area contributed by atoms with E-state index in [0.717, 1.165) is 5.56 Å². The van der Waals surface area contributed by atoms with Crippen molar-refractivity contribution in [2.75, 3.05) is 5.88 Å². The second-order valence-electron chi connectivity index (χ2n) is 6.23. The molecule has 2 N–H and O–H groups in total. The first-order valence-corrected chi connectivity index (χ1v) is 8.57. The standard InChI is InChI=1S/C18H25ClN2O3/c1-12(2)9-16(20-13(3)22)18(24)21-15(17(23)11-19)10-14-7-5-4-6-8-14/h4-8,12,15-16H,9-11H2,1-3H3,(H,20,22)(H,21,24)/t15-,16+/m1/s1. The minimum Gasteiger partial charge on any atom is -0.345 e. The number of rotatable bonds is 9. The fourth-order valence-electron chi connectivity index (χ4n) is 2.41. The van der Waals surface area contributed by atoms with Gasteiger partial charge in [-0.1, -0.05) is 44.2 Å². The van der Waals surface area contributed by atoms with Crippen molar-refractivity contribution >= 4 is 29.2 Å². The highest BCUT2D eigenvalue weighted by Gasteiger charge is 2.26. The van der Waals surface area contributed by atoms with Gasteiger partial charge in [-0.25, -0.2) is 0 Å². The maximum absolute atomic E-state index is 12.5. The molecule has 0 aliphatic carbocycles. The van der Waals surface area contributed by atoms with Crippen LogP contribution in [0.4, 0.5) is 0 Å². The highest BCUT2D eigenvalue weighted by atomic mass is 35.5. The molecule has 2 atom stereocenters. The molecule has 0 saturated carbocycles. The van der Waals surface area contributed by atoms with Crippen LogP contribution in [0.5, 0.6) is 0 Å². The molecule has 1 aromatic carbocycles. The van der Waals surface area contributed by atoms with Crippen molar-refractivity contribution in [3.63, 3.8) is 0 Å². The molecule has 0 aliphatic rings. The second-order valence-corrected chi connectivity index (χ2v) is 6.50. The van der Waals surface area contributed by atoms with Crippen LogP contribution in [0.2, 0.25) is 0 Å². The van der Waals surface area contributed by atoms with Crippen LogP contribution in [0.1, 0.15) is 32.8 Å². The summed E-state index contributed by atoms with van der Waals surface area (Å²) >= 11 is 5.67. The summed E-state index contributed by atoms with van der Waals surface area (Å²) in [7, 11) is 0. The summed E-state index contributed by atoms with van der Waals surface area (Å²) in [5, 5.41) is 5.38. The van der Waals surface area contributed by atoms with Crippen molar-refractivity contribution in [1.29, 1.82) is 0 Å². The number of hydrogen-bond donors (Lipinski definition) is 2. The predicted molar refractivity (Wildman–Crippen MR) is 94.9 cm³/mol. The van der Waals surface area contributed by atoms with Gasteiger partial charge in [0, 0.05) is 6.92 Å². The fraction of sp³-hybridized carbons (Fsp3) is 0.500. The van der Waals surface area contributed by atoms with Crippen LogP contribution in [-0.4, -0.2) is 35.6 Å². The smallest absolute Gasteiger partial charge is 0.243 e. The van der Waals surface area contributed by atoms with Gasteiger partial charge in [-0.3, -0.25) is 14.4 Å². The molecule has 0 radical (unpaired) electrons. The first kappa shape index (κ1) is 20.2. The van der Waals surface area contributed by atoms with Crippen molar-refractivity contribution in [2.45, 2.75) is 45.7 Å². The average molecular weight is 353 g/mol. The third-order valence-electron chi connectivity index (χ3n) is 3.52. The average Bonchev–Trinajstić information content (AvgIpc) is 2.52. The third kappa shape index (κ3) is 7.13. The molecule has 5 nitrogen and oxygen atoms in total. The highest BCUT2D eigenvalue weighted by molar-refractivity contribution is 6.28. The number of benzene rings is 1. The zero-order valence-electron chi connectivity index (χ0n) is 14.3. The molecule has 24 heavy (non-hydrogen) atoms. The van der Waals surface area contributed by atoms with Crippen molar-refractivity contribution in [1.82, 2.24) is 10.6 Å². The number of halogens is 1. The Hall–Kier alpha value is -1.88. The van der Waals surface area contributed by atoms with E-state index in [1.54, 1.807) is 0 Å². The lowest BCUT2D eigenvalue weighted by Gasteiger charge is -2.23. The number of ketones is 1. The van der Waals surface area contributed by atoms with Gasteiger partial charge in [0.2, 0.25) is 11.8 Å². The molecule has 0 aromatic heterocycles. The van der Waals surface area contributed by atoms with Crippen LogP contribution in [0.3, 0.4) is 0 Å². The number of carbonyl (C=O) groups is 3. The van der Waals surface area contributed by atoms with E-state index in [0.29, 0.717) is 12.8 Å². The molecule has 0 bridgehead atoms. The normalized spacial score (nSPS) is 13.2. The largest absolute Gasteiger partial charge is 0.345 e. The molecule has 6 heteroatoms. The Morgan fingerprint density at radius 1 is 1.04 bits per heavy atom. The Kier molecular flexibility index (Phi) is 8.47. The van der Waals surface area contributed by atoms with E-state index in [-0.39, 0.29) is 29.4 Å². The van der Waals surface area contributed by atoms with Gasteiger partial charge in [-0.2, -0.15) is 0 Å². The molecule has 0 aliphatic heterocycles. The lowest BCUT2D eigenvalue weighted by atomic mass is 10.00. The van der Waals surface area contributed by atoms with Crippen molar-refractivity contribution in [2.24, 2.45) is 5.92 Å². The molecule has 0 spiro atoms. The third-order valence-corrected chi connectivity index (χ3v) is 3.78. The van der Waals surface area contributed by atoms with Crippen molar-refractivity contribution < 1.29 is 14.4 Å². The number of hydrogen-bond acceptors (Lipinski definition) is 3. The SMILES string of the molecule is CC(=O)N[C@@H](CC(C)C)C(=O)N[C@H](Cc1ccccc1)C(=O)CCl. The molecule has 0 saturated heterocycles. The first-order valence-electron chi connectivity index (χ1n) is 8.03. The molecule has 0 heterocycles. The zero-order valence-corrected chi connectivity index (χ0v) is 15.1. The van der Waals surface area contributed by atoms with Crippen molar-refractivity contribution in [3.05, 3.63) is 35.9 Å². The van der Waals surface area contributed by atoms with E-state index >= 15 is 0 Å². The first-order chi connectivity index (χ1) is 11.3. The maximum Gasteiger partial charge on any atom is 0.243 e. The monoisotopic (exact) mass is 352 g/mol. The van der Waals surface area contributed by atoms with E-state index in [1.165, 1.54) is 6.92 Å². The van der Waals surface area contributed by atoms with Crippen LogP contribution in [0.25, 0.3) is 0 Å². The number of nitrogens with one attached hydrogen (secondary N) is 2. The molecule has 132 valence electrons. The number of amides is 2. The molecular formula is C18H25ClN2O3. The van der Waals surface area contributed by atoms with Gasteiger partial charge in [-0.05, 0) is 24.3 Å². The number of carbonyl (C=O) groups excluding carboxylic acids is 3. The Bertz CT molecular complexity index is 561. The lowest BCUT2D eigenvalue weighted by Crippen LogP contribution is -2.52. The summed E-state index contributed by atoms with van der Waals surface area (Å²) in [5.74, 6) is -0.839. The van der Waals surface area contributed by atoms with Gasteiger partial charge >= 0.3 is 0 Å². The van der Waals surface area contributed by atoms with Gasteiger partial charge in [0.25, 0.3) is 0 Å². The Labute approximate surface area is 148 Å². The lowest BCUT2D eigenvalue weighted by molar-refractivity contribution is -0.130. The van der Waals surface area contributed by atoms with E-state index in [1.807, 2.05) is 44.2 Å². The molecule has 1 aromatic rings. The summed E-state index contributed by atoms with van der Waals surface area (Å²) in [4.78, 5) is 35.9. The van der Waals surface area contributed by atoms with Crippen LogP contribution >= 0.6 is 11.6 Å². The molecular weight excluding hydrogens is 328 g/mol.